The first-order valence-corrected chi connectivity index (χ1v) is 13.4. The lowest BCUT2D eigenvalue weighted by atomic mass is 9.72. The number of nitrogens with one attached hydrogen (secondary N) is 2. The van der Waals surface area contributed by atoms with Crippen LogP contribution in [0.3, 0.4) is 0 Å². The molecule has 0 bridgehead atoms. The standard InChI is InChI=1S/C29H37N5O3/c1-28(2)7-5-21(6-8-28)24-17-22(3-4-25(24)33-27(35)26-31-19-23(18-30)32-26)29(9-13-36-14-10-29)20-34-11-15-37-16-12-34/h3-5,17,19H,6-16,20H2,1-2H3,(H,31,32)(H,33,35). The minimum absolute atomic E-state index is 0.00405. The van der Waals surface area contributed by atoms with Crippen molar-refractivity contribution < 1.29 is 14.3 Å². The molecule has 0 saturated carbocycles. The quantitative estimate of drug-likeness (QED) is 0.601. The zero-order valence-corrected chi connectivity index (χ0v) is 21.9. The normalized spacial score (nSPS) is 21.6. The second-order valence-corrected chi connectivity index (χ2v) is 11.3. The number of amides is 1. The number of nitrogens with zero attached hydrogens (tertiary/aromatic N) is 3. The molecule has 3 heterocycles. The van der Waals surface area contributed by atoms with Gasteiger partial charge in [0.1, 0.15) is 6.07 Å². The van der Waals surface area contributed by atoms with Gasteiger partial charge in [-0.2, -0.15) is 5.26 Å². The van der Waals surface area contributed by atoms with Crippen LogP contribution >= 0.6 is 0 Å². The molecule has 1 aromatic heterocycles. The third-order valence-corrected chi connectivity index (χ3v) is 8.19. The van der Waals surface area contributed by atoms with Crippen molar-refractivity contribution >= 4 is 17.2 Å². The molecule has 1 aliphatic carbocycles. The van der Waals surface area contributed by atoms with E-state index in [1.54, 1.807) is 0 Å². The highest BCUT2D eigenvalue weighted by Crippen LogP contribution is 2.43. The van der Waals surface area contributed by atoms with E-state index in [1.165, 1.54) is 17.3 Å². The fourth-order valence-electron chi connectivity index (χ4n) is 5.73. The molecule has 5 rings (SSSR count). The number of aromatic nitrogens is 2. The molecule has 0 spiro atoms. The maximum Gasteiger partial charge on any atom is 0.291 e. The van der Waals surface area contributed by atoms with Crippen molar-refractivity contribution in [2.24, 2.45) is 5.41 Å². The van der Waals surface area contributed by atoms with E-state index >= 15 is 0 Å². The first-order chi connectivity index (χ1) is 17.9. The summed E-state index contributed by atoms with van der Waals surface area (Å²) in [7, 11) is 0. The summed E-state index contributed by atoms with van der Waals surface area (Å²) in [5.74, 6) is -0.208. The average Bonchev–Trinajstić information content (AvgIpc) is 3.40. The Hall–Kier alpha value is -2.99. The molecule has 0 radical (unpaired) electrons. The number of morpholine rings is 1. The van der Waals surface area contributed by atoms with Gasteiger partial charge in [-0.1, -0.05) is 26.0 Å². The summed E-state index contributed by atoms with van der Waals surface area (Å²) in [4.78, 5) is 22.4. The van der Waals surface area contributed by atoms with E-state index in [1.807, 2.05) is 12.1 Å². The van der Waals surface area contributed by atoms with E-state index in [-0.39, 0.29) is 28.3 Å². The van der Waals surface area contributed by atoms with E-state index in [0.29, 0.717) is 0 Å². The van der Waals surface area contributed by atoms with Crippen molar-refractivity contribution in [1.29, 1.82) is 5.26 Å². The van der Waals surface area contributed by atoms with Crippen LogP contribution in [0.1, 0.15) is 73.4 Å². The van der Waals surface area contributed by atoms with Crippen molar-refractivity contribution in [3.05, 3.63) is 53.1 Å². The molecule has 8 heteroatoms. The van der Waals surface area contributed by atoms with Crippen LogP contribution in [0.15, 0.2) is 30.5 Å². The van der Waals surface area contributed by atoms with Gasteiger partial charge in [0.05, 0.1) is 13.2 Å². The average molecular weight is 504 g/mol. The van der Waals surface area contributed by atoms with Gasteiger partial charge in [-0.05, 0) is 60.8 Å². The summed E-state index contributed by atoms with van der Waals surface area (Å²) in [5, 5.41) is 12.2. The lowest BCUT2D eigenvalue weighted by Crippen LogP contribution is -2.48. The molecule has 196 valence electrons. The molecule has 1 amide bonds. The lowest BCUT2D eigenvalue weighted by Gasteiger charge is -2.43. The zero-order chi connectivity index (χ0) is 25.9. The van der Waals surface area contributed by atoms with Crippen molar-refractivity contribution in [3.63, 3.8) is 0 Å². The number of hydrogen-bond acceptors (Lipinski definition) is 6. The van der Waals surface area contributed by atoms with Crippen LogP contribution in [0.4, 0.5) is 5.69 Å². The van der Waals surface area contributed by atoms with Gasteiger partial charge in [0.25, 0.3) is 5.91 Å². The molecule has 3 aliphatic rings. The maximum absolute atomic E-state index is 13.0. The van der Waals surface area contributed by atoms with Crippen LogP contribution in [0.2, 0.25) is 0 Å². The first kappa shape index (κ1) is 25.7. The van der Waals surface area contributed by atoms with Crippen molar-refractivity contribution in [2.45, 2.75) is 51.4 Å². The van der Waals surface area contributed by atoms with Gasteiger partial charge in [-0.25, -0.2) is 4.98 Å². The molecule has 2 fully saturated rings. The number of H-pyrrole nitrogens is 1. The first-order valence-electron chi connectivity index (χ1n) is 13.4. The van der Waals surface area contributed by atoms with Gasteiger partial charge in [0.2, 0.25) is 0 Å². The van der Waals surface area contributed by atoms with Gasteiger partial charge in [-0.3, -0.25) is 9.69 Å². The van der Waals surface area contributed by atoms with Crippen LogP contribution in [-0.2, 0) is 14.9 Å². The van der Waals surface area contributed by atoms with Gasteiger partial charge < -0.3 is 19.8 Å². The summed E-state index contributed by atoms with van der Waals surface area (Å²) >= 11 is 0. The highest BCUT2D eigenvalue weighted by atomic mass is 16.5. The second kappa shape index (κ2) is 10.8. The number of ether oxygens (including phenoxy) is 2. The maximum atomic E-state index is 13.0. The molecule has 2 saturated heterocycles. The Morgan fingerprint density at radius 1 is 1.16 bits per heavy atom. The van der Waals surface area contributed by atoms with Crippen molar-refractivity contribution in [1.82, 2.24) is 14.9 Å². The Bertz CT molecular complexity index is 1200. The van der Waals surface area contributed by atoms with E-state index in [0.717, 1.165) is 89.4 Å². The third-order valence-electron chi connectivity index (χ3n) is 8.19. The summed E-state index contributed by atoms with van der Waals surface area (Å²) < 4.78 is 11.4. The van der Waals surface area contributed by atoms with Crippen LogP contribution < -0.4 is 5.32 Å². The monoisotopic (exact) mass is 503 g/mol. The Kier molecular flexibility index (Phi) is 7.47. The van der Waals surface area contributed by atoms with Gasteiger partial charge in [-0.15, -0.1) is 0 Å². The number of hydrogen-bond donors (Lipinski definition) is 2. The Labute approximate surface area is 219 Å². The van der Waals surface area contributed by atoms with E-state index in [4.69, 9.17) is 14.7 Å². The predicted molar refractivity (Wildman–Crippen MR) is 142 cm³/mol. The molecule has 0 unspecified atom stereocenters. The van der Waals surface area contributed by atoms with Crippen molar-refractivity contribution in [2.75, 3.05) is 51.4 Å². The third kappa shape index (κ3) is 5.80. The number of imidazole rings is 1. The second-order valence-electron chi connectivity index (χ2n) is 11.3. The number of benzene rings is 1. The fraction of sp³-hybridized carbons (Fsp3) is 0.552. The molecule has 1 aromatic carbocycles. The minimum atomic E-state index is -0.346. The van der Waals surface area contributed by atoms with Gasteiger partial charge in [0, 0.05) is 55.7 Å². The molecule has 8 nitrogen and oxygen atoms in total. The topological polar surface area (TPSA) is 103 Å². The number of rotatable bonds is 6. The molecular weight excluding hydrogens is 466 g/mol. The summed E-state index contributed by atoms with van der Waals surface area (Å²) in [6, 6.07) is 8.51. The Morgan fingerprint density at radius 3 is 2.59 bits per heavy atom. The molecule has 37 heavy (non-hydrogen) atoms. The molecular formula is C29H37N5O3. The van der Waals surface area contributed by atoms with Crippen LogP contribution in [0.25, 0.3) is 5.57 Å². The van der Waals surface area contributed by atoms with Crippen LogP contribution in [0, 0.1) is 16.7 Å². The highest BCUT2D eigenvalue weighted by molar-refractivity contribution is 6.03. The largest absolute Gasteiger partial charge is 0.381 e. The number of nitriles is 1. The van der Waals surface area contributed by atoms with Gasteiger partial charge >= 0.3 is 0 Å². The highest BCUT2D eigenvalue weighted by Gasteiger charge is 2.37. The summed E-state index contributed by atoms with van der Waals surface area (Å²) in [6.07, 6.45) is 8.83. The molecule has 2 aliphatic heterocycles. The van der Waals surface area contributed by atoms with E-state index < -0.39 is 0 Å². The number of aromatic amines is 1. The number of allylic oxidation sites excluding steroid dienone is 2. The summed E-state index contributed by atoms with van der Waals surface area (Å²) in [5.41, 5.74) is 4.94. The van der Waals surface area contributed by atoms with Gasteiger partial charge in [0.15, 0.2) is 11.5 Å². The number of carbonyl (C=O) groups is 1. The van der Waals surface area contributed by atoms with Crippen LogP contribution in [0.5, 0.6) is 0 Å². The number of carbonyl (C=O) groups excluding carboxylic acids is 1. The Balaban J connectivity index is 1.50. The lowest BCUT2D eigenvalue weighted by molar-refractivity contribution is -0.00119. The minimum Gasteiger partial charge on any atom is -0.381 e. The van der Waals surface area contributed by atoms with Crippen molar-refractivity contribution in [3.8, 4) is 6.07 Å². The SMILES string of the molecule is CC1(C)CC=C(c2cc(C3(CN4CCOCC4)CCOCC3)ccc2NC(=O)c2nc(C#N)c[nH]2)CC1. The zero-order valence-electron chi connectivity index (χ0n) is 21.9. The fourth-order valence-corrected chi connectivity index (χ4v) is 5.73. The molecule has 2 N–H and O–H groups in total. The van der Waals surface area contributed by atoms with Crippen LogP contribution in [-0.4, -0.2) is 66.8 Å². The Morgan fingerprint density at radius 2 is 1.92 bits per heavy atom. The summed E-state index contributed by atoms with van der Waals surface area (Å²) in [6.45, 7) is 10.6. The predicted octanol–water partition coefficient (Wildman–Crippen LogP) is 4.51. The smallest absolute Gasteiger partial charge is 0.291 e. The number of anilines is 1. The molecule has 2 aromatic rings. The molecule has 0 atom stereocenters. The van der Waals surface area contributed by atoms with E-state index in [2.05, 4.69) is 52.2 Å². The van der Waals surface area contributed by atoms with E-state index in [9.17, 15) is 4.79 Å².